The highest BCUT2D eigenvalue weighted by molar-refractivity contribution is 7.99. The lowest BCUT2D eigenvalue weighted by Gasteiger charge is -2.04. The van der Waals surface area contributed by atoms with Crippen LogP contribution in [0.3, 0.4) is 0 Å². The SMILES string of the molecule is O=C(CSc1nnc(-c2ccccc2F)o1)Nc1cccnc1Cl. The Morgan fingerprint density at radius 1 is 1.25 bits per heavy atom. The van der Waals surface area contributed by atoms with Crippen LogP contribution < -0.4 is 5.32 Å². The number of pyridine rings is 1. The molecule has 6 nitrogen and oxygen atoms in total. The molecule has 0 saturated carbocycles. The normalized spacial score (nSPS) is 10.6. The molecule has 3 rings (SSSR count). The molecular weight excluding hydrogens is 355 g/mol. The van der Waals surface area contributed by atoms with E-state index in [4.69, 9.17) is 16.0 Å². The summed E-state index contributed by atoms with van der Waals surface area (Å²) in [6, 6.07) is 9.37. The molecule has 9 heteroatoms. The molecule has 2 heterocycles. The smallest absolute Gasteiger partial charge is 0.277 e. The minimum atomic E-state index is -0.457. The Morgan fingerprint density at radius 2 is 2.08 bits per heavy atom. The molecule has 122 valence electrons. The molecule has 0 spiro atoms. The zero-order valence-corrected chi connectivity index (χ0v) is 13.6. The number of amides is 1. The predicted molar refractivity (Wildman–Crippen MR) is 88.3 cm³/mol. The number of aromatic nitrogens is 3. The molecule has 1 aromatic carbocycles. The van der Waals surface area contributed by atoms with Crippen molar-refractivity contribution in [3.05, 3.63) is 53.6 Å². The Morgan fingerprint density at radius 3 is 2.88 bits per heavy atom. The van der Waals surface area contributed by atoms with Crippen LogP contribution in [0.15, 0.2) is 52.2 Å². The van der Waals surface area contributed by atoms with E-state index in [0.29, 0.717) is 5.69 Å². The third kappa shape index (κ3) is 3.90. The first-order valence-electron chi connectivity index (χ1n) is 6.75. The van der Waals surface area contributed by atoms with Gasteiger partial charge in [-0.2, -0.15) is 0 Å². The quantitative estimate of drug-likeness (QED) is 0.549. The Bertz CT molecular complexity index is 874. The van der Waals surface area contributed by atoms with E-state index < -0.39 is 5.82 Å². The number of halogens is 2. The van der Waals surface area contributed by atoms with E-state index in [1.165, 1.54) is 18.3 Å². The van der Waals surface area contributed by atoms with Crippen LogP contribution in [0.5, 0.6) is 0 Å². The van der Waals surface area contributed by atoms with Crippen molar-refractivity contribution in [3.8, 4) is 11.5 Å². The number of carbonyl (C=O) groups is 1. The summed E-state index contributed by atoms with van der Waals surface area (Å²) in [6.07, 6.45) is 1.52. The third-order valence-corrected chi connectivity index (χ3v) is 3.99. The highest BCUT2D eigenvalue weighted by Gasteiger charge is 2.14. The molecule has 3 aromatic rings. The second-order valence-corrected chi connectivity index (χ2v) is 5.82. The first kappa shape index (κ1) is 16.4. The second-order valence-electron chi connectivity index (χ2n) is 4.53. The largest absolute Gasteiger partial charge is 0.411 e. The Labute approximate surface area is 145 Å². The van der Waals surface area contributed by atoms with E-state index in [0.717, 1.165) is 11.8 Å². The predicted octanol–water partition coefficient (Wildman–Crippen LogP) is 3.65. The van der Waals surface area contributed by atoms with Gasteiger partial charge in [0.15, 0.2) is 5.15 Å². The topological polar surface area (TPSA) is 80.9 Å². The first-order valence-corrected chi connectivity index (χ1v) is 8.11. The number of rotatable bonds is 5. The van der Waals surface area contributed by atoms with Gasteiger partial charge in [0.2, 0.25) is 5.91 Å². The highest BCUT2D eigenvalue weighted by Crippen LogP contribution is 2.25. The molecule has 1 N–H and O–H groups in total. The van der Waals surface area contributed by atoms with Crippen LogP contribution in [-0.4, -0.2) is 26.8 Å². The minimum Gasteiger partial charge on any atom is -0.411 e. The minimum absolute atomic E-state index is 0.0319. The lowest BCUT2D eigenvalue weighted by molar-refractivity contribution is -0.113. The van der Waals surface area contributed by atoms with Crippen molar-refractivity contribution in [1.82, 2.24) is 15.2 Å². The van der Waals surface area contributed by atoms with Crippen molar-refractivity contribution in [3.63, 3.8) is 0 Å². The first-order chi connectivity index (χ1) is 11.6. The van der Waals surface area contributed by atoms with Gasteiger partial charge < -0.3 is 9.73 Å². The third-order valence-electron chi connectivity index (χ3n) is 2.87. The van der Waals surface area contributed by atoms with Gasteiger partial charge in [-0.1, -0.05) is 35.5 Å². The Balaban J connectivity index is 1.61. The summed E-state index contributed by atoms with van der Waals surface area (Å²) >= 11 is 6.90. The van der Waals surface area contributed by atoms with Gasteiger partial charge in [0, 0.05) is 6.20 Å². The number of anilines is 1. The van der Waals surface area contributed by atoms with E-state index in [9.17, 15) is 9.18 Å². The summed E-state index contributed by atoms with van der Waals surface area (Å²) in [4.78, 5) is 15.8. The Hall–Kier alpha value is -2.45. The van der Waals surface area contributed by atoms with Gasteiger partial charge in [0.25, 0.3) is 11.1 Å². The zero-order chi connectivity index (χ0) is 16.9. The molecule has 0 saturated heterocycles. The second kappa shape index (κ2) is 7.41. The summed E-state index contributed by atoms with van der Waals surface area (Å²) < 4.78 is 19.0. The van der Waals surface area contributed by atoms with Crippen LogP contribution in [0.4, 0.5) is 10.1 Å². The van der Waals surface area contributed by atoms with Crippen LogP contribution in [-0.2, 0) is 4.79 Å². The standard InChI is InChI=1S/C15H10ClFN4O2S/c16-13-11(6-3-7-18-13)19-12(22)8-24-15-21-20-14(23-15)9-4-1-2-5-10(9)17/h1-7H,8H2,(H,19,22). The number of benzene rings is 1. The van der Waals surface area contributed by atoms with Gasteiger partial charge in [-0.25, -0.2) is 9.37 Å². The van der Waals surface area contributed by atoms with Crippen LogP contribution in [0.2, 0.25) is 5.15 Å². The average Bonchev–Trinajstić information content (AvgIpc) is 3.04. The summed E-state index contributed by atoms with van der Waals surface area (Å²) in [6.45, 7) is 0. The maximum absolute atomic E-state index is 13.7. The molecule has 0 unspecified atom stereocenters. The van der Waals surface area contributed by atoms with E-state index in [-0.39, 0.29) is 33.5 Å². The molecule has 0 bridgehead atoms. The van der Waals surface area contributed by atoms with Crippen LogP contribution in [0.25, 0.3) is 11.5 Å². The van der Waals surface area contributed by atoms with Crippen molar-refractivity contribution in [2.75, 3.05) is 11.1 Å². The van der Waals surface area contributed by atoms with Gasteiger partial charge in [0.1, 0.15) is 5.82 Å². The van der Waals surface area contributed by atoms with Crippen LogP contribution >= 0.6 is 23.4 Å². The van der Waals surface area contributed by atoms with Crippen molar-refractivity contribution in [2.45, 2.75) is 5.22 Å². The number of nitrogens with one attached hydrogen (secondary N) is 1. The monoisotopic (exact) mass is 364 g/mol. The van der Waals surface area contributed by atoms with Crippen molar-refractivity contribution in [2.24, 2.45) is 0 Å². The lowest BCUT2D eigenvalue weighted by Crippen LogP contribution is -2.14. The number of hydrogen-bond acceptors (Lipinski definition) is 6. The number of hydrogen-bond donors (Lipinski definition) is 1. The molecule has 24 heavy (non-hydrogen) atoms. The van der Waals surface area contributed by atoms with Crippen LogP contribution in [0.1, 0.15) is 0 Å². The fraction of sp³-hybridized carbons (Fsp3) is 0.0667. The van der Waals surface area contributed by atoms with Gasteiger partial charge in [0.05, 0.1) is 17.0 Å². The molecule has 0 fully saturated rings. The van der Waals surface area contributed by atoms with Crippen molar-refractivity contribution < 1.29 is 13.6 Å². The zero-order valence-electron chi connectivity index (χ0n) is 12.1. The average molecular weight is 365 g/mol. The molecule has 1 amide bonds. The van der Waals surface area contributed by atoms with E-state index in [1.54, 1.807) is 24.3 Å². The molecule has 0 aliphatic carbocycles. The maximum atomic E-state index is 13.7. The number of thioether (sulfide) groups is 1. The van der Waals surface area contributed by atoms with Gasteiger partial charge in [-0.3, -0.25) is 4.79 Å². The molecule has 2 aromatic heterocycles. The molecule has 0 aliphatic rings. The maximum Gasteiger partial charge on any atom is 0.277 e. The molecule has 0 radical (unpaired) electrons. The highest BCUT2D eigenvalue weighted by atomic mass is 35.5. The fourth-order valence-corrected chi connectivity index (χ4v) is 2.53. The fourth-order valence-electron chi connectivity index (χ4n) is 1.80. The number of carbonyl (C=O) groups excluding carboxylic acids is 1. The number of nitrogens with zero attached hydrogens (tertiary/aromatic N) is 3. The molecule has 0 atom stereocenters. The van der Waals surface area contributed by atoms with Crippen molar-refractivity contribution >= 4 is 35.0 Å². The summed E-state index contributed by atoms with van der Waals surface area (Å²) in [5.74, 6) is -0.669. The van der Waals surface area contributed by atoms with Crippen molar-refractivity contribution in [1.29, 1.82) is 0 Å². The van der Waals surface area contributed by atoms with Crippen LogP contribution in [0, 0.1) is 5.82 Å². The van der Waals surface area contributed by atoms with Gasteiger partial charge in [-0.15, -0.1) is 10.2 Å². The van der Waals surface area contributed by atoms with E-state index in [1.807, 2.05) is 0 Å². The van der Waals surface area contributed by atoms with Gasteiger partial charge >= 0.3 is 0 Å². The molecular formula is C15H10ClFN4O2S. The Kier molecular flexibility index (Phi) is 5.07. The summed E-state index contributed by atoms with van der Waals surface area (Å²) in [7, 11) is 0. The summed E-state index contributed by atoms with van der Waals surface area (Å²) in [5.41, 5.74) is 0.630. The van der Waals surface area contributed by atoms with E-state index >= 15 is 0 Å². The summed E-state index contributed by atoms with van der Waals surface area (Å²) in [5, 5.41) is 10.6. The van der Waals surface area contributed by atoms with E-state index in [2.05, 4.69) is 20.5 Å². The molecule has 0 aliphatic heterocycles. The lowest BCUT2D eigenvalue weighted by atomic mass is 10.2. The van der Waals surface area contributed by atoms with Gasteiger partial charge in [-0.05, 0) is 24.3 Å².